The molecule has 0 aliphatic carbocycles. The highest BCUT2D eigenvalue weighted by atomic mass is 79.9. The highest BCUT2D eigenvalue weighted by Crippen LogP contribution is 2.27. The van der Waals surface area contributed by atoms with Gasteiger partial charge in [-0.15, -0.1) is 0 Å². The maximum Gasteiger partial charge on any atom is 0.0210 e. The normalized spacial score (nSPS) is 12.7. The summed E-state index contributed by atoms with van der Waals surface area (Å²) in [5.41, 5.74) is 7.19. The van der Waals surface area contributed by atoms with Crippen LogP contribution >= 0.6 is 15.9 Å². The number of nitrogens with two attached hydrogens (primary N) is 1. The summed E-state index contributed by atoms with van der Waals surface area (Å²) in [6.07, 6.45) is 5.06. The molecule has 2 heteroatoms. The van der Waals surface area contributed by atoms with Gasteiger partial charge in [-0.05, 0) is 30.5 Å². The van der Waals surface area contributed by atoms with Gasteiger partial charge >= 0.3 is 0 Å². The van der Waals surface area contributed by atoms with Crippen LogP contribution in [0.15, 0.2) is 28.7 Å². The molecule has 1 nitrogen and oxygen atoms in total. The van der Waals surface area contributed by atoms with E-state index in [9.17, 15) is 0 Å². The minimum absolute atomic E-state index is 0.507. The molecule has 84 valence electrons. The molecule has 0 bridgehead atoms. The van der Waals surface area contributed by atoms with Gasteiger partial charge in [0.1, 0.15) is 0 Å². The van der Waals surface area contributed by atoms with E-state index in [0.29, 0.717) is 5.92 Å². The van der Waals surface area contributed by atoms with Gasteiger partial charge in [-0.2, -0.15) is 0 Å². The minimum Gasteiger partial charge on any atom is -0.330 e. The predicted molar refractivity (Wildman–Crippen MR) is 70.1 cm³/mol. The predicted octanol–water partition coefficient (Wildman–Crippen LogP) is 4.07. The Bertz CT molecular complexity index is 286. The Hall–Kier alpha value is -0.340. The molecule has 1 unspecified atom stereocenters. The van der Waals surface area contributed by atoms with Gasteiger partial charge < -0.3 is 5.73 Å². The molecular formula is C13H20BrN. The van der Waals surface area contributed by atoms with Gasteiger partial charge in [0.25, 0.3) is 0 Å². The van der Waals surface area contributed by atoms with Crippen LogP contribution < -0.4 is 5.73 Å². The molecule has 0 aliphatic rings. The summed E-state index contributed by atoms with van der Waals surface area (Å²) in [6.45, 7) is 2.97. The van der Waals surface area contributed by atoms with Gasteiger partial charge in [-0.1, -0.05) is 60.3 Å². The van der Waals surface area contributed by atoms with E-state index in [1.807, 2.05) is 6.07 Å². The third-order valence-electron chi connectivity index (χ3n) is 2.79. The summed E-state index contributed by atoms with van der Waals surface area (Å²) in [7, 11) is 0. The van der Waals surface area contributed by atoms with Crippen molar-refractivity contribution in [2.24, 2.45) is 5.73 Å². The van der Waals surface area contributed by atoms with Crippen molar-refractivity contribution in [2.75, 3.05) is 6.54 Å². The van der Waals surface area contributed by atoms with E-state index < -0.39 is 0 Å². The van der Waals surface area contributed by atoms with Crippen LogP contribution in [0.4, 0.5) is 0 Å². The molecule has 0 saturated heterocycles. The van der Waals surface area contributed by atoms with Gasteiger partial charge in [0.2, 0.25) is 0 Å². The zero-order chi connectivity index (χ0) is 11.1. The molecule has 0 saturated carbocycles. The highest BCUT2D eigenvalue weighted by molar-refractivity contribution is 9.10. The zero-order valence-electron chi connectivity index (χ0n) is 9.38. The number of rotatable bonds is 6. The van der Waals surface area contributed by atoms with Crippen LogP contribution in [-0.2, 0) is 0 Å². The van der Waals surface area contributed by atoms with Crippen molar-refractivity contribution in [1.82, 2.24) is 0 Å². The minimum atomic E-state index is 0.507. The van der Waals surface area contributed by atoms with Gasteiger partial charge in [-0.3, -0.25) is 0 Å². The monoisotopic (exact) mass is 269 g/mol. The average Bonchev–Trinajstić information content (AvgIpc) is 2.26. The second-order valence-electron chi connectivity index (χ2n) is 3.95. The third-order valence-corrected chi connectivity index (χ3v) is 3.51. The SMILES string of the molecule is CCCCCC(CN)c1ccccc1Br. The second-order valence-corrected chi connectivity index (χ2v) is 4.80. The molecule has 0 amide bonds. The molecular weight excluding hydrogens is 250 g/mol. The lowest BCUT2D eigenvalue weighted by Crippen LogP contribution is -2.13. The molecule has 1 aromatic rings. The van der Waals surface area contributed by atoms with E-state index in [1.165, 1.54) is 35.7 Å². The summed E-state index contributed by atoms with van der Waals surface area (Å²) in [6, 6.07) is 8.40. The molecule has 15 heavy (non-hydrogen) atoms. The van der Waals surface area contributed by atoms with Crippen LogP contribution in [-0.4, -0.2) is 6.54 Å². The van der Waals surface area contributed by atoms with Gasteiger partial charge in [-0.25, -0.2) is 0 Å². The van der Waals surface area contributed by atoms with E-state index in [-0.39, 0.29) is 0 Å². The van der Waals surface area contributed by atoms with Gasteiger partial charge in [0.05, 0.1) is 0 Å². The fourth-order valence-electron chi connectivity index (χ4n) is 1.85. The van der Waals surface area contributed by atoms with Gasteiger partial charge in [0, 0.05) is 4.47 Å². The van der Waals surface area contributed by atoms with Crippen LogP contribution in [0.3, 0.4) is 0 Å². The first-order valence-electron chi connectivity index (χ1n) is 5.74. The maximum atomic E-state index is 5.84. The van der Waals surface area contributed by atoms with Crippen molar-refractivity contribution in [1.29, 1.82) is 0 Å². The maximum absolute atomic E-state index is 5.84. The molecule has 0 fully saturated rings. The summed E-state index contributed by atoms with van der Waals surface area (Å²) in [5.74, 6) is 0.507. The van der Waals surface area contributed by atoms with E-state index in [4.69, 9.17) is 5.73 Å². The zero-order valence-corrected chi connectivity index (χ0v) is 11.0. The summed E-state index contributed by atoms with van der Waals surface area (Å²) in [4.78, 5) is 0. The number of unbranched alkanes of at least 4 members (excludes halogenated alkanes) is 2. The molecule has 1 atom stereocenters. The van der Waals surface area contributed by atoms with Crippen molar-refractivity contribution in [3.63, 3.8) is 0 Å². The molecule has 0 aliphatic heterocycles. The number of halogens is 1. The molecule has 2 N–H and O–H groups in total. The smallest absolute Gasteiger partial charge is 0.0210 e. The molecule has 0 radical (unpaired) electrons. The second kappa shape index (κ2) is 7.02. The highest BCUT2D eigenvalue weighted by Gasteiger charge is 2.11. The molecule has 0 spiro atoms. The fourth-order valence-corrected chi connectivity index (χ4v) is 2.46. The van der Waals surface area contributed by atoms with E-state index in [0.717, 1.165) is 6.54 Å². The standard InChI is InChI=1S/C13H20BrN/c1-2-3-4-7-11(10-15)12-8-5-6-9-13(12)14/h5-6,8-9,11H,2-4,7,10,15H2,1H3. The molecule has 0 heterocycles. The van der Waals surface area contributed by atoms with Crippen molar-refractivity contribution in [3.8, 4) is 0 Å². The third kappa shape index (κ3) is 3.96. The Balaban J connectivity index is 2.61. The Morgan fingerprint density at radius 2 is 2.00 bits per heavy atom. The van der Waals surface area contributed by atoms with E-state index in [2.05, 4.69) is 41.1 Å². The van der Waals surface area contributed by atoms with Crippen molar-refractivity contribution in [2.45, 2.75) is 38.5 Å². The summed E-state index contributed by atoms with van der Waals surface area (Å²) >= 11 is 3.59. The van der Waals surface area contributed by atoms with Crippen molar-refractivity contribution < 1.29 is 0 Å². The van der Waals surface area contributed by atoms with Crippen LogP contribution in [0.2, 0.25) is 0 Å². The molecule has 1 rings (SSSR count). The average molecular weight is 270 g/mol. The van der Waals surface area contributed by atoms with Crippen LogP contribution in [0.25, 0.3) is 0 Å². The van der Waals surface area contributed by atoms with Crippen molar-refractivity contribution in [3.05, 3.63) is 34.3 Å². The lowest BCUT2D eigenvalue weighted by Gasteiger charge is -2.16. The Morgan fingerprint density at radius 3 is 2.60 bits per heavy atom. The first-order valence-corrected chi connectivity index (χ1v) is 6.53. The van der Waals surface area contributed by atoms with Crippen LogP contribution in [0, 0.1) is 0 Å². The van der Waals surface area contributed by atoms with Gasteiger partial charge in [0.15, 0.2) is 0 Å². The molecule has 0 aromatic heterocycles. The first-order chi connectivity index (χ1) is 7.29. The number of hydrogen-bond acceptors (Lipinski definition) is 1. The fraction of sp³-hybridized carbons (Fsp3) is 0.538. The lowest BCUT2D eigenvalue weighted by molar-refractivity contribution is 0.571. The van der Waals surface area contributed by atoms with Crippen molar-refractivity contribution >= 4 is 15.9 Å². The quantitative estimate of drug-likeness (QED) is 0.775. The molecule has 1 aromatic carbocycles. The van der Waals surface area contributed by atoms with E-state index >= 15 is 0 Å². The largest absolute Gasteiger partial charge is 0.330 e. The first kappa shape index (κ1) is 12.7. The summed E-state index contributed by atoms with van der Waals surface area (Å²) in [5, 5.41) is 0. The number of benzene rings is 1. The van der Waals surface area contributed by atoms with Crippen LogP contribution in [0.5, 0.6) is 0 Å². The topological polar surface area (TPSA) is 26.0 Å². The summed E-state index contributed by atoms with van der Waals surface area (Å²) < 4.78 is 1.19. The van der Waals surface area contributed by atoms with E-state index in [1.54, 1.807) is 0 Å². The Labute approximate surface area is 101 Å². The Morgan fingerprint density at radius 1 is 1.27 bits per heavy atom. The van der Waals surface area contributed by atoms with Crippen LogP contribution in [0.1, 0.15) is 44.1 Å². The number of hydrogen-bond donors (Lipinski definition) is 1. The Kier molecular flexibility index (Phi) is 5.96. The lowest BCUT2D eigenvalue weighted by atomic mass is 9.93.